The molecule has 0 unspecified atom stereocenters. The van der Waals surface area contributed by atoms with Gasteiger partial charge in [-0.25, -0.2) is 9.48 Å². The van der Waals surface area contributed by atoms with Gasteiger partial charge in [0.25, 0.3) is 5.91 Å². The number of aryl methyl sites for hydroxylation is 1. The van der Waals surface area contributed by atoms with Gasteiger partial charge in [0.1, 0.15) is 11.7 Å². The van der Waals surface area contributed by atoms with Gasteiger partial charge in [-0.3, -0.25) is 4.79 Å². The van der Waals surface area contributed by atoms with Crippen LogP contribution >= 0.6 is 34.8 Å². The third-order valence-corrected chi connectivity index (χ3v) is 4.65. The number of hydrogen-bond acceptors (Lipinski definition) is 4. The fourth-order valence-electron chi connectivity index (χ4n) is 2.26. The summed E-state index contributed by atoms with van der Waals surface area (Å²) in [6, 6.07) is 4.99. The number of nitrogens with one attached hydrogen (secondary N) is 1. The molecule has 1 heterocycles. The number of nitrogens with zero attached hydrogens (tertiary/aromatic N) is 2. The van der Waals surface area contributed by atoms with Crippen molar-refractivity contribution in [1.82, 2.24) is 15.1 Å². The SMILES string of the molecule is Cc1nn(Cc2ccc(Cl)cc2Cl)c(Cl)c1C=CC(=O)OCC(=O)NCC(F)(F)F. The summed E-state index contributed by atoms with van der Waals surface area (Å²) in [6.45, 7) is -0.431. The van der Waals surface area contributed by atoms with Crippen LogP contribution < -0.4 is 5.32 Å². The lowest BCUT2D eigenvalue weighted by Gasteiger charge is -2.07. The average molecular weight is 485 g/mol. The Hall–Kier alpha value is -2.23. The maximum atomic E-state index is 12.0. The van der Waals surface area contributed by atoms with Gasteiger partial charge in [-0.05, 0) is 30.7 Å². The van der Waals surface area contributed by atoms with E-state index in [2.05, 4.69) is 9.84 Å². The third kappa shape index (κ3) is 7.23. The summed E-state index contributed by atoms with van der Waals surface area (Å²) in [4.78, 5) is 22.9. The van der Waals surface area contributed by atoms with Crippen LogP contribution in [-0.2, 0) is 20.9 Å². The van der Waals surface area contributed by atoms with Gasteiger partial charge in [-0.15, -0.1) is 0 Å². The summed E-state index contributed by atoms with van der Waals surface area (Å²) in [6.07, 6.45) is -2.22. The first kappa shape index (κ1) is 24.0. The predicted octanol–water partition coefficient (Wildman–Crippen LogP) is 4.43. The number of amides is 1. The lowest BCUT2D eigenvalue weighted by atomic mass is 10.2. The highest BCUT2D eigenvalue weighted by Crippen LogP contribution is 2.26. The molecule has 0 spiro atoms. The van der Waals surface area contributed by atoms with Crippen LogP contribution in [0, 0.1) is 6.92 Å². The summed E-state index contributed by atoms with van der Waals surface area (Å²) in [5.41, 5.74) is 1.67. The zero-order chi connectivity index (χ0) is 22.5. The molecule has 12 heteroatoms. The zero-order valence-corrected chi connectivity index (χ0v) is 17.7. The molecule has 0 fully saturated rings. The van der Waals surface area contributed by atoms with Crippen LogP contribution in [-0.4, -0.2) is 41.0 Å². The minimum Gasteiger partial charge on any atom is -0.452 e. The molecule has 0 bridgehead atoms. The van der Waals surface area contributed by atoms with Crippen molar-refractivity contribution in [3.05, 3.63) is 56.3 Å². The van der Waals surface area contributed by atoms with E-state index in [0.29, 0.717) is 21.3 Å². The van der Waals surface area contributed by atoms with Crippen LogP contribution in [0.15, 0.2) is 24.3 Å². The Morgan fingerprint density at radius 3 is 2.60 bits per heavy atom. The second-order valence-corrected chi connectivity index (χ2v) is 7.22. The van der Waals surface area contributed by atoms with Crippen LogP contribution in [0.5, 0.6) is 0 Å². The average Bonchev–Trinajstić information content (AvgIpc) is 2.91. The van der Waals surface area contributed by atoms with Gasteiger partial charge in [0.05, 0.1) is 12.2 Å². The number of carbonyl (C=O) groups excluding carboxylic acids is 2. The molecule has 6 nitrogen and oxygen atoms in total. The standard InChI is InChI=1S/C18H15Cl3F3N3O3/c1-10-13(4-5-16(29)30-8-15(28)25-9-18(22,23)24)17(21)27(26-10)7-11-2-3-12(19)6-14(11)20/h2-6H,7-9H2,1H3,(H,25,28). The maximum absolute atomic E-state index is 12.0. The molecule has 0 atom stereocenters. The van der Waals surface area contributed by atoms with Gasteiger partial charge in [-0.2, -0.15) is 18.3 Å². The van der Waals surface area contributed by atoms with Gasteiger partial charge in [-0.1, -0.05) is 40.9 Å². The Bertz CT molecular complexity index is 975. The highest BCUT2D eigenvalue weighted by Gasteiger charge is 2.27. The van der Waals surface area contributed by atoms with Gasteiger partial charge < -0.3 is 10.1 Å². The summed E-state index contributed by atoms with van der Waals surface area (Å²) < 4.78 is 42.1. The van der Waals surface area contributed by atoms with E-state index in [1.807, 2.05) is 0 Å². The topological polar surface area (TPSA) is 73.2 Å². The lowest BCUT2D eigenvalue weighted by molar-refractivity contribution is -0.148. The van der Waals surface area contributed by atoms with E-state index < -0.39 is 31.2 Å². The number of carbonyl (C=O) groups is 2. The van der Waals surface area contributed by atoms with Crippen molar-refractivity contribution in [2.24, 2.45) is 0 Å². The molecule has 2 aromatic rings. The molecule has 1 aromatic carbocycles. The minimum atomic E-state index is -4.55. The van der Waals surface area contributed by atoms with E-state index in [1.165, 1.54) is 10.8 Å². The molecule has 0 aliphatic carbocycles. The van der Waals surface area contributed by atoms with Crippen LogP contribution in [0.2, 0.25) is 15.2 Å². The minimum absolute atomic E-state index is 0.227. The number of esters is 1. The smallest absolute Gasteiger partial charge is 0.405 e. The fourth-order valence-corrected chi connectivity index (χ4v) is 3.02. The lowest BCUT2D eigenvalue weighted by Crippen LogP contribution is -2.36. The van der Waals surface area contributed by atoms with Crippen molar-refractivity contribution >= 4 is 52.8 Å². The number of benzene rings is 1. The van der Waals surface area contributed by atoms with Crippen molar-refractivity contribution in [3.8, 4) is 0 Å². The van der Waals surface area contributed by atoms with Crippen molar-refractivity contribution in [1.29, 1.82) is 0 Å². The number of ether oxygens (including phenoxy) is 1. The van der Waals surface area contributed by atoms with Crippen molar-refractivity contribution in [3.63, 3.8) is 0 Å². The Labute approximate surface area is 184 Å². The molecule has 1 N–H and O–H groups in total. The van der Waals surface area contributed by atoms with Crippen LogP contribution in [0.4, 0.5) is 13.2 Å². The molecule has 30 heavy (non-hydrogen) atoms. The number of hydrogen-bond donors (Lipinski definition) is 1. The summed E-state index contributed by atoms with van der Waals surface area (Å²) >= 11 is 18.3. The molecular weight excluding hydrogens is 470 g/mol. The Balaban J connectivity index is 1.98. The third-order valence-electron chi connectivity index (χ3n) is 3.66. The number of halogens is 6. The van der Waals surface area contributed by atoms with Crippen molar-refractivity contribution in [2.75, 3.05) is 13.2 Å². The summed E-state index contributed by atoms with van der Waals surface area (Å²) in [7, 11) is 0. The van der Waals surface area contributed by atoms with Gasteiger partial charge in [0, 0.05) is 21.7 Å². The van der Waals surface area contributed by atoms with E-state index in [0.717, 1.165) is 11.6 Å². The summed E-state index contributed by atoms with van der Waals surface area (Å²) in [5.74, 6) is -2.00. The summed E-state index contributed by atoms with van der Waals surface area (Å²) in [5, 5.41) is 7.03. The number of rotatable bonds is 7. The Morgan fingerprint density at radius 1 is 1.27 bits per heavy atom. The molecular formula is C18H15Cl3F3N3O3. The molecule has 0 radical (unpaired) electrons. The van der Waals surface area contributed by atoms with Crippen LogP contribution in [0.3, 0.4) is 0 Å². The first-order valence-corrected chi connectivity index (χ1v) is 9.45. The molecule has 0 aliphatic rings. The molecule has 2 rings (SSSR count). The first-order chi connectivity index (χ1) is 14.0. The molecule has 1 amide bonds. The second kappa shape index (κ2) is 10.2. The predicted molar refractivity (Wildman–Crippen MR) is 107 cm³/mol. The van der Waals surface area contributed by atoms with Gasteiger partial charge in [0.2, 0.25) is 0 Å². The van der Waals surface area contributed by atoms with E-state index in [4.69, 9.17) is 34.8 Å². The van der Waals surface area contributed by atoms with Gasteiger partial charge in [0.15, 0.2) is 6.61 Å². The second-order valence-electron chi connectivity index (χ2n) is 6.02. The van der Waals surface area contributed by atoms with Crippen molar-refractivity contribution < 1.29 is 27.5 Å². The first-order valence-electron chi connectivity index (χ1n) is 8.31. The molecule has 0 aliphatic heterocycles. The van der Waals surface area contributed by atoms with E-state index in [1.54, 1.807) is 30.4 Å². The van der Waals surface area contributed by atoms with E-state index >= 15 is 0 Å². The Kier molecular flexibility index (Phi) is 8.17. The van der Waals surface area contributed by atoms with Crippen molar-refractivity contribution in [2.45, 2.75) is 19.6 Å². The molecule has 0 saturated heterocycles. The molecule has 1 aromatic heterocycles. The monoisotopic (exact) mass is 483 g/mol. The fraction of sp³-hybridized carbons (Fsp3) is 0.278. The van der Waals surface area contributed by atoms with E-state index in [-0.39, 0.29) is 11.7 Å². The quantitative estimate of drug-likeness (QED) is 0.466. The Morgan fingerprint density at radius 2 is 1.97 bits per heavy atom. The van der Waals surface area contributed by atoms with E-state index in [9.17, 15) is 22.8 Å². The molecule has 162 valence electrons. The highest BCUT2D eigenvalue weighted by atomic mass is 35.5. The van der Waals surface area contributed by atoms with Gasteiger partial charge >= 0.3 is 12.1 Å². The number of alkyl halides is 3. The number of aromatic nitrogens is 2. The van der Waals surface area contributed by atoms with Crippen LogP contribution in [0.1, 0.15) is 16.8 Å². The largest absolute Gasteiger partial charge is 0.452 e. The van der Waals surface area contributed by atoms with Crippen LogP contribution in [0.25, 0.3) is 6.08 Å². The zero-order valence-electron chi connectivity index (χ0n) is 15.4. The molecule has 0 saturated carbocycles. The highest BCUT2D eigenvalue weighted by molar-refractivity contribution is 6.35. The normalized spacial score (nSPS) is 11.7. The maximum Gasteiger partial charge on any atom is 0.405 e.